The number of nitrogens with zero attached hydrogens (tertiary/aromatic N) is 4. The Balaban J connectivity index is 1.48. The zero-order valence-corrected chi connectivity index (χ0v) is 16.1. The van der Waals surface area contributed by atoms with Crippen LogP contribution in [0.15, 0.2) is 48.7 Å². The fraction of sp³-hybridized carbons (Fsp3) is 0.300. The van der Waals surface area contributed by atoms with Crippen molar-refractivity contribution in [2.45, 2.75) is 31.7 Å². The summed E-state index contributed by atoms with van der Waals surface area (Å²) in [5.41, 5.74) is 1.07. The molecule has 29 heavy (non-hydrogen) atoms. The summed E-state index contributed by atoms with van der Waals surface area (Å²) in [4.78, 5) is 21.6. The van der Waals surface area contributed by atoms with Crippen molar-refractivity contribution in [3.63, 3.8) is 0 Å². The first kappa shape index (κ1) is 19.0. The van der Waals surface area contributed by atoms with Crippen LogP contribution in [0.1, 0.15) is 30.4 Å². The molecule has 0 saturated heterocycles. The van der Waals surface area contributed by atoms with Crippen molar-refractivity contribution in [3.05, 3.63) is 65.9 Å². The quantitative estimate of drug-likeness (QED) is 0.557. The standard InChI is InChI=1S/C20H22N6O3/c1-12-16(20(28)26(2)18-14(29-12)9-6-10-21-18)23-19(27)17-22-15(24-25-17)11-13-7-4-3-5-8-13/h3-10,12,16,19,23,27H,11H2,1-2H3,(H,22,24,25)/t12-,16+,19?/m1/s1. The Morgan fingerprint density at radius 2 is 2.03 bits per heavy atom. The highest BCUT2D eigenvalue weighted by Crippen LogP contribution is 2.30. The van der Waals surface area contributed by atoms with Crippen molar-refractivity contribution in [1.29, 1.82) is 0 Å². The normalized spacial score (nSPS) is 20.0. The summed E-state index contributed by atoms with van der Waals surface area (Å²) in [5.74, 6) is 1.54. The van der Waals surface area contributed by atoms with Gasteiger partial charge in [-0.3, -0.25) is 15.0 Å². The Morgan fingerprint density at radius 1 is 1.24 bits per heavy atom. The SMILES string of the molecule is C[C@H]1Oc2cccnc2N(C)C(=O)[C@H]1NC(O)c1nnc(Cc2ccccc2)[nH]1. The van der Waals surface area contributed by atoms with Gasteiger partial charge in [0.25, 0.3) is 0 Å². The van der Waals surface area contributed by atoms with E-state index in [-0.39, 0.29) is 11.7 Å². The van der Waals surface area contributed by atoms with Gasteiger partial charge in [-0.05, 0) is 24.6 Å². The number of aromatic nitrogens is 4. The highest BCUT2D eigenvalue weighted by Gasteiger charge is 2.37. The molecule has 0 spiro atoms. The number of carbonyl (C=O) groups is 1. The largest absolute Gasteiger partial charge is 0.485 e. The number of anilines is 1. The number of aromatic amines is 1. The van der Waals surface area contributed by atoms with Gasteiger partial charge in [0.2, 0.25) is 5.91 Å². The molecular weight excluding hydrogens is 372 g/mol. The van der Waals surface area contributed by atoms with E-state index in [9.17, 15) is 9.90 Å². The van der Waals surface area contributed by atoms with Crippen molar-refractivity contribution in [2.75, 3.05) is 11.9 Å². The lowest BCUT2D eigenvalue weighted by atomic mass is 10.1. The number of H-pyrrole nitrogens is 1. The first-order valence-corrected chi connectivity index (χ1v) is 9.31. The molecule has 3 aromatic rings. The number of aliphatic hydroxyl groups excluding tert-OH is 1. The van der Waals surface area contributed by atoms with Crippen LogP contribution in [-0.4, -0.2) is 50.4 Å². The number of amides is 1. The van der Waals surface area contributed by atoms with Crippen LogP contribution in [0.5, 0.6) is 5.75 Å². The predicted molar refractivity (Wildman–Crippen MR) is 105 cm³/mol. The van der Waals surface area contributed by atoms with Gasteiger partial charge in [-0.1, -0.05) is 30.3 Å². The summed E-state index contributed by atoms with van der Waals surface area (Å²) in [6.45, 7) is 1.76. The van der Waals surface area contributed by atoms with Gasteiger partial charge in [0, 0.05) is 19.7 Å². The molecular formula is C20H22N6O3. The average molecular weight is 394 g/mol. The van der Waals surface area contributed by atoms with E-state index in [4.69, 9.17) is 4.74 Å². The summed E-state index contributed by atoms with van der Waals surface area (Å²) < 4.78 is 5.89. The van der Waals surface area contributed by atoms with Gasteiger partial charge in [0.05, 0.1) is 0 Å². The smallest absolute Gasteiger partial charge is 0.249 e. The zero-order valence-electron chi connectivity index (χ0n) is 16.1. The lowest BCUT2D eigenvalue weighted by molar-refractivity contribution is -0.123. The van der Waals surface area contributed by atoms with Crippen LogP contribution in [0.2, 0.25) is 0 Å². The third-order valence-electron chi connectivity index (χ3n) is 4.81. The van der Waals surface area contributed by atoms with E-state index in [1.807, 2.05) is 30.3 Å². The fourth-order valence-electron chi connectivity index (χ4n) is 3.27. The molecule has 1 amide bonds. The number of nitrogens with one attached hydrogen (secondary N) is 2. The molecule has 0 bridgehead atoms. The highest BCUT2D eigenvalue weighted by atomic mass is 16.5. The molecule has 1 aliphatic heterocycles. The summed E-state index contributed by atoms with van der Waals surface area (Å²) in [5, 5.41) is 21.6. The van der Waals surface area contributed by atoms with Crippen LogP contribution >= 0.6 is 0 Å². The highest BCUT2D eigenvalue weighted by molar-refractivity contribution is 5.98. The van der Waals surface area contributed by atoms with Crippen LogP contribution < -0.4 is 15.0 Å². The molecule has 0 radical (unpaired) electrons. The molecule has 2 aromatic heterocycles. The van der Waals surface area contributed by atoms with E-state index in [1.54, 1.807) is 32.3 Å². The molecule has 3 atom stereocenters. The average Bonchev–Trinajstić information content (AvgIpc) is 3.17. The zero-order chi connectivity index (χ0) is 20.4. The molecule has 9 heteroatoms. The number of hydrogen-bond donors (Lipinski definition) is 3. The van der Waals surface area contributed by atoms with Gasteiger partial charge in [0.15, 0.2) is 23.6 Å². The number of fused-ring (bicyclic) bond motifs is 1. The first-order valence-electron chi connectivity index (χ1n) is 9.31. The maximum absolute atomic E-state index is 12.9. The number of benzene rings is 1. The van der Waals surface area contributed by atoms with Crippen LogP contribution in [0.4, 0.5) is 5.82 Å². The van der Waals surface area contributed by atoms with Gasteiger partial charge < -0.3 is 14.8 Å². The molecule has 0 fully saturated rings. The number of ether oxygens (including phenoxy) is 1. The number of rotatable bonds is 5. The minimum absolute atomic E-state index is 0.235. The van der Waals surface area contributed by atoms with E-state index >= 15 is 0 Å². The minimum Gasteiger partial charge on any atom is -0.485 e. The number of likely N-dealkylation sites (N-methyl/N-ethyl adjacent to an activating group) is 1. The Bertz CT molecular complexity index is 993. The Kier molecular flexibility index (Phi) is 5.24. The molecule has 0 saturated carbocycles. The van der Waals surface area contributed by atoms with Crippen molar-refractivity contribution in [1.82, 2.24) is 25.5 Å². The van der Waals surface area contributed by atoms with E-state index in [0.29, 0.717) is 23.8 Å². The Morgan fingerprint density at radius 3 is 2.83 bits per heavy atom. The number of carbonyl (C=O) groups excluding carboxylic acids is 1. The first-order chi connectivity index (χ1) is 14.0. The Labute approximate surface area is 167 Å². The molecule has 4 rings (SSSR count). The third kappa shape index (κ3) is 3.96. The summed E-state index contributed by atoms with van der Waals surface area (Å²) in [7, 11) is 1.63. The van der Waals surface area contributed by atoms with Crippen molar-refractivity contribution in [2.24, 2.45) is 0 Å². The molecule has 9 nitrogen and oxygen atoms in total. The van der Waals surface area contributed by atoms with E-state index in [2.05, 4.69) is 25.5 Å². The van der Waals surface area contributed by atoms with Crippen molar-refractivity contribution in [3.8, 4) is 5.75 Å². The van der Waals surface area contributed by atoms with Crippen LogP contribution in [0, 0.1) is 0 Å². The van der Waals surface area contributed by atoms with Gasteiger partial charge in [-0.25, -0.2) is 4.98 Å². The van der Waals surface area contributed by atoms with Crippen LogP contribution in [0.25, 0.3) is 0 Å². The second kappa shape index (κ2) is 7.98. The molecule has 3 N–H and O–H groups in total. The van der Waals surface area contributed by atoms with Crippen molar-refractivity contribution >= 4 is 11.7 Å². The second-order valence-electron chi connectivity index (χ2n) is 6.91. The summed E-state index contributed by atoms with van der Waals surface area (Å²) >= 11 is 0. The van der Waals surface area contributed by atoms with Crippen molar-refractivity contribution < 1.29 is 14.6 Å². The number of hydrogen-bond acceptors (Lipinski definition) is 7. The molecule has 3 heterocycles. The van der Waals surface area contributed by atoms with Crippen LogP contribution in [0.3, 0.4) is 0 Å². The van der Waals surface area contributed by atoms with Gasteiger partial charge in [-0.15, -0.1) is 10.2 Å². The predicted octanol–water partition coefficient (Wildman–Crippen LogP) is 1.18. The number of pyridine rings is 1. The number of aliphatic hydroxyl groups is 1. The third-order valence-corrected chi connectivity index (χ3v) is 4.81. The van der Waals surface area contributed by atoms with E-state index in [1.165, 1.54) is 4.90 Å². The van der Waals surface area contributed by atoms with E-state index in [0.717, 1.165) is 5.56 Å². The molecule has 1 unspecified atom stereocenters. The molecule has 0 aliphatic carbocycles. The molecule has 1 aromatic carbocycles. The molecule has 150 valence electrons. The maximum atomic E-state index is 12.9. The summed E-state index contributed by atoms with van der Waals surface area (Å²) in [6, 6.07) is 12.5. The second-order valence-corrected chi connectivity index (χ2v) is 6.91. The lowest BCUT2D eigenvalue weighted by Gasteiger charge is -2.25. The molecule has 1 aliphatic rings. The fourth-order valence-corrected chi connectivity index (χ4v) is 3.27. The summed E-state index contributed by atoms with van der Waals surface area (Å²) in [6.07, 6.45) is 0.417. The van der Waals surface area contributed by atoms with Gasteiger partial charge >= 0.3 is 0 Å². The Hall–Kier alpha value is -3.30. The van der Waals surface area contributed by atoms with Crippen LogP contribution in [-0.2, 0) is 11.2 Å². The van der Waals surface area contributed by atoms with E-state index < -0.39 is 18.4 Å². The monoisotopic (exact) mass is 394 g/mol. The van der Waals surface area contributed by atoms with Gasteiger partial charge in [-0.2, -0.15) is 0 Å². The lowest BCUT2D eigenvalue weighted by Crippen LogP contribution is -2.52. The minimum atomic E-state index is -1.21. The van der Waals surface area contributed by atoms with Gasteiger partial charge in [0.1, 0.15) is 18.0 Å². The maximum Gasteiger partial charge on any atom is 0.249 e. The topological polar surface area (TPSA) is 116 Å².